The Hall–Kier alpha value is -4.53. The third-order valence-electron chi connectivity index (χ3n) is 8.05. The van der Waals surface area contributed by atoms with Gasteiger partial charge in [0.2, 0.25) is 17.8 Å². The lowest BCUT2D eigenvalue weighted by Crippen LogP contribution is -2.22. The number of hydrogen-bond donors (Lipinski definition) is 0. The van der Waals surface area contributed by atoms with Crippen molar-refractivity contribution >= 4 is 34.9 Å². The Morgan fingerprint density at radius 3 is 1.21 bits per heavy atom. The van der Waals surface area contributed by atoms with Gasteiger partial charge in [-0.2, -0.15) is 15.0 Å². The number of aryl methyl sites for hydroxylation is 4. The lowest BCUT2D eigenvalue weighted by atomic mass is 10.0. The summed E-state index contributed by atoms with van der Waals surface area (Å²) in [5.74, 6) is 3.64. The molecule has 0 amide bonds. The Kier molecular flexibility index (Phi) is 8.80. The van der Waals surface area contributed by atoms with Crippen molar-refractivity contribution in [1.82, 2.24) is 15.0 Å². The second-order valence-corrected chi connectivity index (χ2v) is 10.7. The lowest BCUT2D eigenvalue weighted by molar-refractivity contribution is 0.353. The van der Waals surface area contributed by atoms with Crippen molar-refractivity contribution in [2.24, 2.45) is 0 Å². The minimum atomic E-state index is 0.483. The Morgan fingerprint density at radius 2 is 0.810 bits per heavy atom. The standard InChI is InChI=1S/C33H42N6O3/c1-19-13-25(14-20(2)23(19)5)37(7)31-34-32(38(8)26-15-21(3)24(6)28(17-26)40-10)36-33(35-31)39(9)27-16-22(4)30(42-12)29(18-27)41-11/h13-18H,1-12H3. The van der Waals surface area contributed by atoms with Gasteiger partial charge >= 0.3 is 0 Å². The number of ether oxygens (including phenoxy) is 3. The van der Waals surface area contributed by atoms with E-state index in [1.165, 1.54) is 16.7 Å². The first-order valence-corrected chi connectivity index (χ1v) is 13.8. The summed E-state index contributed by atoms with van der Waals surface area (Å²) in [6.45, 7) is 12.5. The highest BCUT2D eigenvalue weighted by atomic mass is 16.5. The third-order valence-corrected chi connectivity index (χ3v) is 8.05. The second kappa shape index (κ2) is 12.1. The predicted octanol–water partition coefficient (Wildman–Crippen LogP) is 7.05. The summed E-state index contributed by atoms with van der Waals surface area (Å²) in [6.07, 6.45) is 0. The summed E-state index contributed by atoms with van der Waals surface area (Å²) in [7, 11) is 10.8. The highest BCUT2D eigenvalue weighted by molar-refractivity contribution is 5.69. The van der Waals surface area contributed by atoms with Crippen LogP contribution >= 0.6 is 0 Å². The zero-order valence-corrected chi connectivity index (χ0v) is 26.9. The fourth-order valence-corrected chi connectivity index (χ4v) is 4.89. The van der Waals surface area contributed by atoms with Gasteiger partial charge in [-0.05, 0) is 99.2 Å². The molecule has 4 aromatic rings. The SMILES string of the molecule is COc1cc(N(C)c2nc(N(C)c3cc(C)c(C)c(C)c3)nc(N(C)c3cc(C)c(OC)c(OC)c3)n2)cc(C)c1C. The molecule has 0 N–H and O–H groups in total. The Morgan fingerprint density at radius 1 is 0.452 bits per heavy atom. The maximum Gasteiger partial charge on any atom is 0.236 e. The topological polar surface area (TPSA) is 76.1 Å². The zero-order valence-electron chi connectivity index (χ0n) is 26.9. The van der Waals surface area contributed by atoms with Gasteiger partial charge in [-0.3, -0.25) is 0 Å². The average molecular weight is 571 g/mol. The maximum absolute atomic E-state index is 5.66. The van der Waals surface area contributed by atoms with Crippen LogP contribution in [-0.4, -0.2) is 57.4 Å². The first-order chi connectivity index (χ1) is 19.9. The van der Waals surface area contributed by atoms with E-state index < -0.39 is 0 Å². The van der Waals surface area contributed by atoms with Crippen LogP contribution in [0.25, 0.3) is 0 Å². The Bertz CT molecular complexity index is 1600. The van der Waals surface area contributed by atoms with Gasteiger partial charge < -0.3 is 28.9 Å². The Balaban J connectivity index is 1.89. The second-order valence-electron chi connectivity index (χ2n) is 10.7. The van der Waals surface area contributed by atoms with Crippen LogP contribution in [0.1, 0.15) is 33.4 Å². The van der Waals surface area contributed by atoms with E-state index in [-0.39, 0.29) is 0 Å². The number of hydrogen-bond acceptors (Lipinski definition) is 9. The molecule has 4 rings (SSSR count). The molecule has 0 atom stereocenters. The van der Waals surface area contributed by atoms with E-state index in [1.807, 2.05) is 61.0 Å². The van der Waals surface area contributed by atoms with Crippen molar-refractivity contribution < 1.29 is 14.2 Å². The number of nitrogens with zero attached hydrogens (tertiary/aromatic N) is 6. The van der Waals surface area contributed by atoms with Gasteiger partial charge in [-0.25, -0.2) is 0 Å². The molecule has 1 aromatic heterocycles. The first-order valence-electron chi connectivity index (χ1n) is 13.8. The zero-order chi connectivity index (χ0) is 30.9. The van der Waals surface area contributed by atoms with Crippen LogP contribution < -0.4 is 28.9 Å². The molecule has 0 unspecified atom stereocenters. The van der Waals surface area contributed by atoms with E-state index in [2.05, 4.69) is 52.8 Å². The number of benzene rings is 3. The van der Waals surface area contributed by atoms with Crippen molar-refractivity contribution in [2.75, 3.05) is 57.2 Å². The fraction of sp³-hybridized carbons (Fsp3) is 0.364. The summed E-state index contributed by atoms with van der Waals surface area (Å²) < 4.78 is 16.8. The van der Waals surface area contributed by atoms with E-state index in [1.54, 1.807) is 21.3 Å². The smallest absolute Gasteiger partial charge is 0.236 e. The quantitative estimate of drug-likeness (QED) is 0.210. The van der Waals surface area contributed by atoms with E-state index in [9.17, 15) is 0 Å². The molecule has 3 aromatic carbocycles. The fourth-order valence-electron chi connectivity index (χ4n) is 4.89. The summed E-state index contributed by atoms with van der Waals surface area (Å²) in [5, 5.41) is 0. The minimum Gasteiger partial charge on any atom is -0.496 e. The van der Waals surface area contributed by atoms with Crippen molar-refractivity contribution in [3.05, 3.63) is 69.8 Å². The molecule has 0 bridgehead atoms. The van der Waals surface area contributed by atoms with Crippen LogP contribution in [0.15, 0.2) is 36.4 Å². The van der Waals surface area contributed by atoms with Crippen LogP contribution in [0.3, 0.4) is 0 Å². The van der Waals surface area contributed by atoms with Crippen molar-refractivity contribution in [2.45, 2.75) is 41.5 Å². The van der Waals surface area contributed by atoms with E-state index in [4.69, 9.17) is 29.2 Å². The van der Waals surface area contributed by atoms with Gasteiger partial charge in [0.05, 0.1) is 21.3 Å². The van der Waals surface area contributed by atoms with E-state index in [0.29, 0.717) is 29.3 Å². The molecule has 9 nitrogen and oxygen atoms in total. The molecule has 0 saturated carbocycles. The number of rotatable bonds is 9. The van der Waals surface area contributed by atoms with Crippen molar-refractivity contribution in [3.63, 3.8) is 0 Å². The molecule has 1 heterocycles. The largest absolute Gasteiger partial charge is 0.496 e. The molecule has 0 aliphatic heterocycles. The van der Waals surface area contributed by atoms with Crippen LogP contribution in [0.2, 0.25) is 0 Å². The molecule has 0 aliphatic carbocycles. The summed E-state index contributed by atoms with van der Waals surface area (Å²) >= 11 is 0. The van der Waals surface area contributed by atoms with Gasteiger partial charge in [0.15, 0.2) is 11.5 Å². The predicted molar refractivity (Wildman–Crippen MR) is 171 cm³/mol. The van der Waals surface area contributed by atoms with Crippen LogP contribution in [0, 0.1) is 41.5 Å². The van der Waals surface area contributed by atoms with Crippen LogP contribution in [-0.2, 0) is 0 Å². The molecule has 9 heteroatoms. The number of anilines is 6. The van der Waals surface area contributed by atoms with Gasteiger partial charge in [0.25, 0.3) is 0 Å². The minimum absolute atomic E-state index is 0.483. The van der Waals surface area contributed by atoms with Crippen LogP contribution in [0.4, 0.5) is 34.9 Å². The van der Waals surface area contributed by atoms with Crippen molar-refractivity contribution in [3.8, 4) is 17.2 Å². The van der Waals surface area contributed by atoms with Gasteiger partial charge in [-0.1, -0.05) is 0 Å². The van der Waals surface area contributed by atoms with E-state index >= 15 is 0 Å². The Labute approximate surface area is 249 Å². The first kappa shape index (κ1) is 30.4. The highest BCUT2D eigenvalue weighted by Gasteiger charge is 2.21. The molecule has 0 radical (unpaired) electrons. The number of methoxy groups -OCH3 is 3. The molecular formula is C33H42N6O3. The van der Waals surface area contributed by atoms with Gasteiger partial charge in [-0.15, -0.1) is 0 Å². The monoisotopic (exact) mass is 570 g/mol. The molecule has 0 spiro atoms. The molecule has 0 aliphatic rings. The van der Waals surface area contributed by atoms with Crippen molar-refractivity contribution in [1.29, 1.82) is 0 Å². The summed E-state index contributed by atoms with van der Waals surface area (Å²) in [4.78, 5) is 20.7. The maximum atomic E-state index is 5.66. The summed E-state index contributed by atoms with van der Waals surface area (Å²) in [5.41, 5.74) is 9.62. The van der Waals surface area contributed by atoms with Gasteiger partial charge in [0, 0.05) is 50.3 Å². The molecular weight excluding hydrogens is 528 g/mol. The average Bonchev–Trinajstić information content (AvgIpc) is 2.98. The number of aromatic nitrogens is 3. The lowest BCUT2D eigenvalue weighted by Gasteiger charge is -2.26. The molecule has 222 valence electrons. The third kappa shape index (κ3) is 5.77. The molecule has 0 saturated heterocycles. The van der Waals surface area contributed by atoms with Gasteiger partial charge in [0.1, 0.15) is 5.75 Å². The van der Waals surface area contributed by atoms with Crippen LogP contribution in [0.5, 0.6) is 17.2 Å². The highest BCUT2D eigenvalue weighted by Crippen LogP contribution is 2.38. The normalized spacial score (nSPS) is 10.9. The summed E-state index contributed by atoms with van der Waals surface area (Å²) in [6, 6.07) is 12.4. The molecule has 42 heavy (non-hydrogen) atoms. The molecule has 0 fully saturated rings. The van der Waals surface area contributed by atoms with E-state index in [0.717, 1.165) is 39.5 Å².